The predicted octanol–water partition coefficient (Wildman–Crippen LogP) is 2.05. The maximum absolute atomic E-state index is 12.2. The van der Waals surface area contributed by atoms with Gasteiger partial charge in [-0.15, -0.1) is 0 Å². The zero-order valence-electron chi connectivity index (χ0n) is 10.8. The number of alkyl halides is 3. The van der Waals surface area contributed by atoms with E-state index in [2.05, 4.69) is 15.9 Å². The number of aliphatic hydroxyl groups excluding tert-OH is 1. The van der Waals surface area contributed by atoms with Crippen molar-refractivity contribution in [2.75, 3.05) is 13.2 Å². The zero-order chi connectivity index (χ0) is 16.3. The fourth-order valence-corrected chi connectivity index (χ4v) is 3.07. The van der Waals surface area contributed by atoms with E-state index in [1.54, 1.807) is 11.6 Å². The molecule has 0 heterocycles. The Morgan fingerprint density at radius 3 is 2.57 bits per heavy atom. The topological polar surface area (TPSA) is 75.6 Å². The van der Waals surface area contributed by atoms with Gasteiger partial charge in [0, 0.05) is 11.0 Å². The van der Waals surface area contributed by atoms with Crippen LogP contribution in [0.3, 0.4) is 0 Å². The van der Waals surface area contributed by atoms with Crippen LogP contribution in [0.25, 0.3) is 0 Å². The highest BCUT2D eigenvalue weighted by molar-refractivity contribution is 9.10. The third kappa shape index (κ3) is 5.13. The highest BCUT2D eigenvalue weighted by Gasteiger charge is 2.39. The van der Waals surface area contributed by atoms with Crippen molar-refractivity contribution in [3.8, 4) is 5.75 Å². The molecular weight excluding hydrogens is 379 g/mol. The molecule has 0 bridgehead atoms. The van der Waals surface area contributed by atoms with Crippen molar-refractivity contribution in [1.29, 1.82) is 0 Å². The lowest BCUT2D eigenvalue weighted by Crippen LogP contribution is -2.40. The second kappa shape index (κ2) is 6.95. The summed E-state index contributed by atoms with van der Waals surface area (Å²) in [5.41, 5.74) is 0. The summed E-state index contributed by atoms with van der Waals surface area (Å²) in [6.45, 7) is 0.651. The molecule has 1 atom stereocenters. The van der Waals surface area contributed by atoms with Crippen LogP contribution in [0.15, 0.2) is 27.6 Å². The molecule has 1 rings (SSSR count). The highest BCUT2D eigenvalue weighted by atomic mass is 79.9. The number of hydrogen-bond acceptors (Lipinski definition) is 4. The van der Waals surface area contributed by atoms with Crippen molar-refractivity contribution < 1.29 is 31.4 Å². The largest absolute Gasteiger partial charge is 0.492 e. The van der Waals surface area contributed by atoms with Crippen LogP contribution < -0.4 is 9.46 Å². The van der Waals surface area contributed by atoms with Gasteiger partial charge in [-0.05, 0) is 25.1 Å². The molecule has 1 aromatic rings. The summed E-state index contributed by atoms with van der Waals surface area (Å²) in [7, 11) is -4.26. The first-order valence-electron chi connectivity index (χ1n) is 5.74. The number of rotatable bonds is 6. The third-order valence-corrected chi connectivity index (χ3v) is 4.28. The first-order valence-corrected chi connectivity index (χ1v) is 8.02. The number of halogens is 4. The fraction of sp³-hybridized carbons (Fsp3) is 0.455. The van der Waals surface area contributed by atoms with Gasteiger partial charge in [0.25, 0.3) is 0 Å². The monoisotopic (exact) mass is 391 g/mol. The van der Waals surface area contributed by atoms with Crippen LogP contribution in [0.4, 0.5) is 13.2 Å². The highest BCUT2D eigenvalue weighted by Crippen LogP contribution is 2.28. The summed E-state index contributed by atoms with van der Waals surface area (Å²) < 4.78 is 67.8. The Morgan fingerprint density at radius 1 is 1.43 bits per heavy atom. The molecule has 1 aromatic carbocycles. The minimum Gasteiger partial charge on any atom is -0.492 e. The van der Waals surface area contributed by atoms with Crippen LogP contribution in [-0.4, -0.2) is 39.0 Å². The van der Waals surface area contributed by atoms with Gasteiger partial charge in [-0.25, -0.2) is 13.1 Å². The van der Waals surface area contributed by atoms with Gasteiger partial charge < -0.3 is 9.84 Å². The maximum Gasteiger partial charge on any atom is 0.415 e. The van der Waals surface area contributed by atoms with E-state index >= 15 is 0 Å². The van der Waals surface area contributed by atoms with Crippen LogP contribution >= 0.6 is 15.9 Å². The minimum absolute atomic E-state index is 0.00898. The van der Waals surface area contributed by atoms with E-state index < -0.39 is 28.8 Å². The average molecular weight is 392 g/mol. The summed E-state index contributed by atoms with van der Waals surface area (Å²) in [5, 5.41) is 8.83. The Hall–Kier alpha value is -0.840. The number of hydrogen-bond donors (Lipinski definition) is 2. The third-order valence-electron chi connectivity index (χ3n) is 2.34. The Morgan fingerprint density at radius 2 is 2.05 bits per heavy atom. The lowest BCUT2D eigenvalue weighted by molar-refractivity contribution is -0.200. The molecule has 21 heavy (non-hydrogen) atoms. The molecule has 2 N–H and O–H groups in total. The SMILES string of the molecule is CCOc1ccc(Br)cc1S(=O)(=O)NCC(O)C(F)(F)F. The summed E-state index contributed by atoms with van der Waals surface area (Å²) >= 11 is 3.07. The quantitative estimate of drug-likeness (QED) is 0.777. The first kappa shape index (κ1) is 18.2. The van der Waals surface area contributed by atoms with Gasteiger partial charge >= 0.3 is 6.18 Å². The Bertz CT molecular complexity index is 592. The molecule has 5 nitrogen and oxygen atoms in total. The summed E-state index contributed by atoms with van der Waals surface area (Å²) in [5.74, 6) is 0.00898. The minimum atomic E-state index is -4.90. The van der Waals surface area contributed by atoms with Crippen molar-refractivity contribution in [3.05, 3.63) is 22.7 Å². The smallest absolute Gasteiger partial charge is 0.415 e. The van der Waals surface area contributed by atoms with Crippen molar-refractivity contribution in [3.63, 3.8) is 0 Å². The number of sulfonamides is 1. The molecule has 0 spiro atoms. The van der Waals surface area contributed by atoms with E-state index in [0.29, 0.717) is 4.47 Å². The molecule has 1 unspecified atom stereocenters. The molecule has 0 saturated heterocycles. The standard InChI is InChI=1S/C11H13BrF3NO4S/c1-2-20-8-4-3-7(12)5-9(8)21(18,19)16-6-10(17)11(13,14)15/h3-5,10,16-17H,2,6H2,1H3. The summed E-state index contributed by atoms with van der Waals surface area (Å²) in [6, 6.07) is 4.12. The summed E-state index contributed by atoms with van der Waals surface area (Å²) in [6.07, 6.45) is -7.68. The normalized spacial score (nSPS) is 14.0. The molecule has 0 aromatic heterocycles. The van der Waals surface area contributed by atoms with Crippen LogP contribution in [0, 0.1) is 0 Å². The number of nitrogens with one attached hydrogen (secondary N) is 1. The molecule has 0 amide bonds. The number of ether oxygens (including phenoxy) is 1. The van der Waals surface area contributed by atoms with Gasteiger partial charge in [0.1, 0.15) is 10.6 Å². The molecule has 10 heteroatoms. The van der Waals surface area contributed by atoms with Crippen LogP contribution in [0.5, 0.6) is 5.75 Å². The van der Waals surface area contributed by atoms with Crippen molar-refractivity contribution in [2.45, 2.75) is 24.1 Å². The van der Waals surface area contributed by atoms with E-state index in [1.165, 1.54) is 18.2 Å². The Labute approximate surface area is 128 Å². The van der Waals surface area contributed by atoms with E-state index in [1.807, 2.05) is 0 Å². The van der Waals surface area contributed by atoms with Gasteiger partial charge in [-0.1, -0.05) is 15.9 Å². The second-order valence-corrected chi connectivity index (χ2v) is 6.58. The van der Waals surface area contributed by atoms with Gasteiger partial charge in [0.05, 0.1) is 6.61 Å². The van der Waals surface area contributed by atoms with Crippen LogP contribution in [-0.2, 0) is 10.0 Å². The van der Waals surface area contributed by atoms with E-state index in [0.717, 1.165) is 0 Å². The predicted molar refractivity (Wildman–Crippen MR) is 72.6 cm³/mol. The summed E-state index contributed by atoms with van der Waals surface area (Å²) in [4.78, 5) is -0.312. The number of benzene rings is 1. The molecule has 0 fully saturated rings. The molecule has 0 radical (unpaired) electrons. The van der Waals surface area contributed by atoms with Gasteiger partial charge in [-0.2, -0.15) is 13.2 Å². The molecule has 0 aliphatic heterocycles. The first-order chi connectivity index (χ1) is 9.58. The molecule has 0 saturated carbocycles. The molecule has 0 aliphatic rings. The van der Waals surface area contributed by atoms with E-state index in [-0.39, 0.29) is 17.3 Å². The molecule has 120 valence electrons. The van der Waals surface area contributed by atoms with Gasteiger partial charge in [-0.3, -0.25) is 0 Å². The zero-order valence-corrected chi connectivity index (χ0v) is 13.2. The molecular formula is C11H13BrF3NO4S. The maximum atomic E-state index is 12.2. The van der Waals surface area contributed by atoms with Gasteiger partial charge in [0.15, 0.2) is 6.10 Å². The van der Waals surface area contributed by atoms with Crippen molar-refractivity contribution in [1.82, 2.24) is 4.72 Å². The van der Waals surface area contributed by atoms with Crippen LogP contribution in [0.1, 0.15) is 6.92 Å². The lowest BCUT2D eigenvalue weighted by Gasteiger charge is -2.16. The lowest BCUT2D eigenvalue weighted by atomic mass is 10.3. The Balaban J connectivity index is 3.00. The second-order valence-electron chi connectivity index (χ2n) is 3.93. The van der Waals surface area contributed by atoms with Crippen molar-refractivity contribution in [2.24, 2.45) is 0 Å². The van der Waals surface area contributed by atoms with Crippen LogP contribution in [0.2, 0.25) is 0 Å². The fourth-order valence-electron chi connectivity index (χ4n) is 1.35. The number of aliphatic hydroxyl groups is 1. The van der Waals surface area contributed by atoms with Crippen molar-refractivity contribution >= 4 is 26.0 Å². The molecule has 0 aliphatic carbocycles. The average Bonchev–Trinajstić information content (AvgIpc) is 2.37. The van der Waals surface area contributed by atoms with Gasteiger partial charge in [0.2, 0.25) is 10.0 Å². The van der Waals surface area contributed by atoms with E-state index in [4.69, 9.17) is 9.84 Å². The Kier molecular flexibility index (Phi) is 6.02. The van der Waals surface area contributed by atoms with E-state index in [9.17, 15) is 21.6 Å².